The van der Waals surface area contributed by atoms with Crippen LogP contribution in [0.5, 0.6) is 0 Å². The van der Waals surface area contributed by atoms with Crippen LogP contribution >= 0.6 is 22.7 Å². The zero-order chi connectivity index (χ0) is 37.4. The van der Waals surface area contributed by atoms with Gasteiger partial charge in [0.05, 0.1) is 6.57 Å². The highest BCUT2D eigenvalue weighted by Crippen LogP contribution is 2.53. The average molecular weight is 737 g/mol. The van der Waals surface area contributed by atoms with E-state index in [1.807, 2.05) is 12.1 Å². The van der Waals surface area contributed by atoms with Gasteiger partial charge in [-0.25, -0.2) is 4.85 Å². The zero-order valence-corrected chi connectivity index (χ0v) is 32.0. The van der Waals surface area contributed by atoms with Crippen LogP contribution in [0.25, 0.3) is 53.4 Å². The molecule has 0 aliphatic heterocycles. The summed E-state index contributed by atoms with van der Waals surface area (Å²) in [5.41, 5.74) is 14.6. The molecule has 2 aliphatic rings. The van der Waals surface area contributed by atoms with Crippen LogP contribution in [-0.4, -0.2) is 11.1 Å². The van der Waals surface area contributed by atoms with Crippen LogP contribution in [0.2, 0.25) is 0 Å². The molecule has 54 heavy (non-hydrogen) atoms. The molecule has 2 aliphatic carbocycles. The first-order valence-corrected chi connectivity index (χ1v) is 19.6. The molecule has 0 saturated carbocycles. The Kier molecular flexibility index (Phi) is 7.86. The third kappa shape index (κ3) is 5.35. The number of carboxylic acid groups (broad SMARTS) is 1. The van der Waals surface area contributed by atoms with Crippen LogP contribution in [-0.2, 0) is 15.6 Å². The van der Waals surface area contributed by atoms with E-state index in [1.54, 1.807) is 11.3 Å². The molecule has 0 atom stereocenters. The Morgan fingerprint density at radius 1 is 0.593 bits per heavy atom. The molecule has 0 radical (unpaired) electrons. The number of hydrogen-bond acceptors (Lipinski definition) is 4. The average Bonchev–Trinajstić information content (AvgIpc) is 3.95. The summed E-state index contributed by atoms with van der Waals surface area (Å²) in [4.78, 5) is 20.9. The summed E-state index contributed by atoms with van der Waals surface area (Å²) in [6, 6.07) is 48.5. The standard InChI is InChI=1S/C48H36N2O2S2/c1-47(2)38-12-8-6-10-34(38)36-21-18-31(26-40(36)47)50(32-19-22-37-35-11-7-9-13-39(35)48(3,4)41(37)27-32)30-16-14-29(15-17-30)43-24-25-45(54-43)44-23-20-33(53-44)28-42(49-5)46(51)52/h6-28H,1-4H3,(H,51,52)/b42-28-. The van der Waals surface area contributed by atoms with Gasteiger partial charge in [0.25, 0.3) is 5.70 Å². The van der Waals surface area contributed by atoms with E-state index >= 15 is 0 Å². The van der Waals surface area contributed by atoms with Gasteiger partial charge in [-0.3, -0.25) is 4.79 Å². The first kappa shape index (κ1) is 33.8. The van der Waals surface area contributed by atoms with Crippen molar-refractivity contribution in [2.75, 3.05) is 4.90 Å². The number of hydrogen-bond donors (Lipinski definition) is 1. The van der Waals surface area contributed by atoms with Crippen molar-refractivity contribution in [2.24, 2.45) is 0 Å². The number of fused-ring (bicyclic) bond motifs is 6. The Labute approximate surface area is 323 Å². The lowest BCUT2D eigenvalue weighted by atomic mass is 9.82. The van der Waals surface area contributed by atoms with E-state index in [2.05, 4.69) is 159 Å². The van der Waals surface area contributed by atoms with Crippen LogP contribution in [0.1, 0.15) is 54.8 Å². The number of benzene rings is 5. The van der Waals surface area contributed by atoms with Crippen LogP contribution in [0.3, 0.4) is 0 Å². The number of nitrogens with zero attached hydrogens (tertiary/aromatic N) is 2. The molecule has 4 nitrogen and oxygen atoms in total. The molecule has 0 bridgehead atoms. The molecule has 0 fully saturated rings. The summed E-state index contributed by atoms with van der Waals surface area (Å²) in [5, 5.41) is 9.28. The quantitative estimate of drug-likeness (QED) is 0.131. The molecule has 2 heterocycles. The monoisotopic (exact) mass is 736 g/mol. The van der Waals surface area contributed by atoms with Crippen LogP contribution in [0.15, 0.2) is 139 Å². The highest BCUT2D eigenvalue weighted by molar-refractivity contribution is 7.24. The predicted molar refractivity (Wildman–Crippen MR) is 225 cm³/mol. The van der Waals surface area contributed by atoms with Crippen molar-refractivity contribution in [3.05, 3.63) is 178 Å². The maximum Gasteiger partial charge on any atom is 0.333 e. The number of carboxylic acids is 1. The summed E-state index contributed by atoms with van der Waals surface area (Å²) in [5.74, 6) is -1.21. The summed E-state index contributed by atoms with van der Waals surface area (Å²) in [6.07, 6.45) is 1.43. The van der Waals surface area contributed by atoms with Gasteiger partial charge in [-0.15, -0.1) is 22.7 Å². The lowest BCUT2D eigenvalue weighted by Crippen LogP contribution is -2.18. The van der Waals surface area contributed by atoms with E-state index in [4.69, 9.17) is 6.57 Å². The molecular weight excluding hydrogens is 701 g/mol. The minimum Gasteiger partial charge on any atom is -0.486 e. The molecule has 9 rings (SSSR count). The lowest BCUT2D eigenvalue weighted by Gasteiger charge is -2.30. The summed E-state index contributed by atoms with van der Waals surface area (Å²) < 4.78 is 0. The van der Waals surface area contributed by atoms with E-state index in [9.17, 15) is 9.90 Å². The molecule has 262 valence electrons. The fourth-order valence-corrected chi connectivity index (χ4v) is 10.4. The molecule has 1 N–H and O–H groups in total. The minimum atomic E-state index is -1.21. The van der Waals surface area contributed by atoms with E-state index in [0.29, 0.717) is 0 Å². The first-order valence-electron chi connectivity index (χ1n) is 18.0. The van der Waals surface area contributed by atoms with Gasteiger partial charge in [0.15, 0.2) is 0 Å². The topological polar surface area (TPSA) is 44.9 Å². The van der Waals surface area contributed by atoms with Crippen molar-refractivity contribution in [2.45, 2.75) is 38.5 Å². The summed E-state index contributed by atoms with van der Waals surface area (Å²) in [6.45, 7) is 16.5. The highest BCUT2D eigenvalue weighted by Gasteiger charge is 2.37. The largest absolute Gasteiger partial charge is 0.486 e. The number of aliphatic carboxylic acids is 1. The molecular formula is C48H36N2O2S2. The molecule has 0 unspecified atom stereocenters. The molecule has 5 aromatic carbocycles. The van der Waals surface area contributed by atoms with Gasteiger partial charge in [0.2, 0.25) is 0 Å². The van der Waals surface area contributed by atoms with Gasteiger partial charge in [-0.1, -0.05) is 100 Å². The minimum absolute atomic E-state index is 0.120. The first-order chi connectivity index (χ1) is 26.0. The van der Waals surface area contributed by atoms with E-state index in [-0.39, 0.29) is 16.5 Å². The fourth-order valence-electron chi connectivity index (χ4n) is 8.35. The van der Waals surface area contributed by atoms with Gasteiger partial charge in [0.1, 0.15) is 0 Å². The molecule has 0 saturated heterocycles. The molecule has 0 spiro atoms. The Morgan fingerprint density at radius 2 is 1.07 bits per heavy atom. The van der Waals surface area contributed by atoms with E-state index in [0.717, 1.165) is 42.1 Å². The van der Waals surface area contributed by atoms with Crippen molar-refractivity contribution < 1.29 is 9.90 Å². The van der Waals surface area contributed by atoms with Gasteiger partial charge in [-0.2, -0.15) is 0 Å². The Morgan fingerprint density at radius 3 is 1.63 bits per heavy atom. The summed E-state index contributed by atoms with van der Waals surface area (Å²) >= 11 is 3.19. The molecule has 6 heteroatoms. The van der Waals surface area contributed by atoms with Crippen molar-refractivity contribution in [1.82, 2.24) is 0 Å². The number of thiophene rings is 2. The van der Waals surface area contributed by atoms with Crippen molar-refractivity contribution in [3.63, 3.8) is 0 Å². The second-order valence-corrected chi connectivity index (χ2v) is 17.2. The molecule has 7 aromatic rings. The third-order valence-electron chi connectivity index (χ3n) is 11.2. The second kappa shape index (κ2) is 12.6. The highest BCUT2D eigenvalue weighted by atomic mass is 32.1. The van der Waals surface area contributed by atoms with Crippen molar-refractivity contribution in [1.29, 1.82) is 0 Å². The Bertz CT molecular complexity index is 2610. The Hall–Kier alpha value is -6.00. The van der Waals surface area contributed by atoms with Gasteiger partial charge >= 0.3 is 5.97 Å². The van der Waals surface area contributed by atoms with Crippen LogP contribution in [0, 0.1) is 6.57 Å². The van der Waals surface area contributed by atoms with Gasteiger partial charge < -0.3 is 10.0 Å². The Balaban J connectivity index is 1.11. The lowest BCUT2D eigenvalue weighted by molar-refractivity contribution is -0.132. The van der Waals surface area contributed by atoms with Crippen molar-refractivity contribution >= 4 is 51.8 Å². The SMILES string of the molecule is [C-]#[N+]/C(=C\c1ccc(-c2ccc(-c3ccc(N(c4ccc5c(c4)C(C)(C)c4ccccc4-5)c4ccc5c(c4)C(C)(C)c4ccccc4-5)cc3)s2)s1)C(=O)O. The third-order valence-corrected chi connectivity index (χ3v) is 13.5. The van der Waals surface area contributed by atoms with Gasteiger partial charge in [0, 0.05) is 47.4 Å². The second-order valence-electron chi connectivity index (χ2n) is 15.0. The van der Waals surface area contributed by atoms with Crippen LogP contribution in [0.4, 0.5) is 17.1 Å². The maximum absolute atomic E-state index is 11.3. The van der Waals surface area contributed by atoms with E-state index < -0.39 is 5.97 Å². The smallest absolute Gasteiger partial charge is 0.333 e. The number of anilines is 3. The molecule has 0 amide bonds. The molecule has 2 aromatic heterocycles. The number of carbonyl (C=O) groups is 1. The summed E-state index contributed by atoms with van der Waals surface area (Å²) in [7, 11) is 0. The van der Waals surface area contributed by atoms with Crippen molar-refractivity contribution in [3.8, 4) is 42.4 Å². The number of rotatable bonds is 7. The van der Waals surface area contributed by atoms with Crippen LogP contribution < -0.4 is 4.90 Å². The predicted octanol–water partition coefficient (Wildman–Crippen LogP) is 13.6. The van der Waals surface area contributed by atoms with E-state index in [1.165, 1.54) is 61.9 Å². The zero-order valence-electron chi connectivity index (χ0n) is 30.3. The normalized spacial score (nSPS) is 14.5. The maximum atomic E-state index is 11.3. The fraction of sp³-hybridized carbons (Fsp3) is 0.125. The van der Waals surface area contributed by atoms with Gasteiger partial charge in [-0.05, 0) is 117 Å².